The van der Waals surface area contributed by atoms with Gasteiger partial charge in [-0.25, -0.2) is 8.42 Å². The van der Waals surface area contributed by atoms with Crippen LogP contribution in [0.5, 0.6) is 0 Å². The Morgan fingerprint density at radius 1 is 1.53 bits per heavy atom. The van der Waals surface area contributed by atoms with E-state index < -0.39 is 31.6 Å². The summed E-state index contributed by atoms with van der Waals surface area (Å²) in [6.45, 7) is 1.72. The molecule has 1 aromatic rings. The van der Waals surface area contributed by atoms with Gasteiger partial charge < -0.3 is 5.73 Å². The Balaban J connectivity index is 3.41. The van der Waals surface area contributed by atoms with E-state index in [1.807, 2.05) is 0 Å². The summed E-state index contributed by atoms with van der Waals surface area (Å²) in [4.78, 5) is 9.75. The Labute approximate surface area is 116 Å². The maximum absolute atomic E-state index is 12.3. The van der Waals surface area contributed by atoms with Crippen LogP contribution in [0.1, 0.15) is 6.92 Å². The van der Waals surface area contributed by atoms with Crippen LogP contribution in [0.4, 0.5) is 5.69 Å². The minimum atomic E-state index is -3.99. The molecule has 1 rings (SSSR count). The average Bonchev–Trinajstić information content (AvgIpc) is 2.36. The van der Waals surface area contributed by atoms with Crippen molar-refractivity contribution < 1.29 is 13.3 Å². The molecule has 0 aromatic heterocycles. The molecule has 0 aliphatic carbocycles. The SMILES string of the molecule is CC(CN)N(C)S(=O)(=O)c1ccc(Cl)cc1[N+](=O)[O-]. The maximum atomic E-state index is 12.3. The van der Waals surface area contributed by atoms with E-state index in [-0.39, 0.29) is 11.6 Å². The van der Waals surface area contributed by atoms with Crippen molar-refractivity contribution in [2.45, 2.75) is 17.9 Å². The van der Waals surface area contributed by atoms with Crippen molar-refractivity contribution in [3.05, 3.63) is 33.3 Å². The van der Waals surface area contributed by atoms with E-state index in [2.05, 4.69) is 0 Å². The fourth-order valence-corrected chi connectivity index (χ4v) is 3.07. The summed E-state index contributed by atoms with van der Waals surface area (Å²) in [5.41, 5.74) is 4.86. The summed E-state index contributed by atoms with van der Waals surface area (Å²) < 4.78 is 25.6. The summed E-state index contributed by atoms with van der Waals surface area (Å²) in [6, 6.07) is 2.95. The maximum Gasteiger partial charge on any atom is 0.290 e. The molecule has 0 saturated heterocycles. The minimum Gasteiger partial charge on any atom is -0.329 e. The van der Waals surface area contributed by atoms with Gasteiger partial charge in [0.25, 0.3) is 5.69 Å². The average molecular weight is 308 g/mol. The van der Waals surface area contributed by atoms with Gasteiger partial charge in [0.05, 0.1) is 4.92 Å². The van der Waals surface area contributed by atoms with Crippen LogP contribution < -0.4 is 5.73 Å². The Kier molecular flexibility index (Phi) is 4.86. The molecular formula is C10H14ClN3O4S. The van der Waals surface area contributed by atoms with E-state index in [1.54, 1.807) is 6.92 Å². The molecule has 9 heteroatoms. The highest BCUT2D eigenvalue weighted by atomic mass is 35.5. The van der Waals surface area contributed by atoms with Crippen LogP contribution in [0.15, 0.2) is 23.1 Å². The van der Waals surface area contributed by atoms with Gasteiger partial charge in [-0.2, -0.15) is 4.31 Å². The van der Waals surface area contributed by atoms with Crippen LogP contribution in [0.25, 0.3) is 0 Å². The molecule has 106 valence electrons. The van der Waals surface area contributed by atoms with Gasteiger partial charge in [0.2, 0.25) is 10.0 Å². The molecular weight excluding hydrogens is 294 g/mol. The number of sulfonamides is 1. The van der Waals surface area contributed by atoms with E-state index in [9.17, 15) is 18.5 Å². The van der Waals surface area contributed by atoms with Crippen molar-refractivity contribution in [1.29, 1.82) is 0 Å². The zero-order valence-corrected chi connectivity index (χ0v) is 12.0. The predicted octanol–water partition coefficient (Wildman–Crippen LogP) is 1.22. The Morgan fingerprint density at radius 2 is 2.11 bits per heavy atom. The summed E-state index contributed by atoms with van der Waals surface area (Å²) in [7, 11) is -2.67. The third kappa shape index (κ3) is 3.21. The third-order valence-electron chi connectivity index (χ3n) is 2.74. The lowest BCUT2D eigenvalue weighted by Crippen LogP contribution is -2.39. The van der Waals surface area contributed by atoms with E-state index in [4.69, 9.17) is 17.3 Å². The quantitative estimate of drug-likeness (QED) is 0.650. The number of nitro benzene ring substituents is 1. The lowest BCUT2D eigenvalue weighted by atomic mass is 10.3. The normalized spacial score (nSPS) is 13.5. The molecule has 1 aromatic carbocycles. The standard InChI is InChI=1S/C10H14ClN3O4S/c1-7(6-12)13(2)19(17,18)10-4-3-8(11)5-9(10)14(15)16/h3-5,7H,6,12H2,1-2H3. The third-order valence-corrected chi connectivity index (χ3v) is 4.99. The van der Waals surface area contributed by atoms with Crippen LogP contribution in [0.3, 0.4) is 0 Å². The highest BCUT2D eigenvalue weighted by molar-refractivity contribution is 7.89. The summed E-state index contributed by atoms with van der Waals surface area (Å²) in [5.74, 6) is 0. The second-order valence-electron chi connectivity index (χ2n) is 3.98. The summed E-state index contributed by atoms with van der Waals surface area (Å²) in [5, 5.41) is 11.0. The lowest BCUT2D eigenvalue weighted by Gasteiger charge is -2.22. The van der Waals surface area contributed by atoms with Crippen LogP contribution >= 0.6 is 11.6 Å². The van der Waals surface area contributed by atoms with Crippen molar-refractivity contribution in [3.63, 3.8) is 0 Å². The van der Waals surface area contributed by atoms with Gasteiger partial charge in [-0.05, 0) is 19.1 Å². The number of halogens is 1. The molecule has 2 N–H and O–H groups in total. The fourth-order valence-electron chi connectivity index (χ4n) is 1.39. The topological polar surface area (TPSA) is 107 Å². The van der Waals surface area contributed by atoms with Gasteiger partial charge in [-0.1, -0.05) is 11.6 Å². The van der Waals surface area contributed by atoms with E-state index in [0.717, 1.165) is 16.4 Å². The molecule has 19 heavy (non-hydrogen) atoms. The van der Waals surface area contributed by atoms with E-state index >= 15 is 0 Å². The van der Waals surface area contributed by atoms with Crippen LogP contribution in [-0.2, 0) is 10.0 Å². The lowest BCUT2D eigenvalue weighted by molar-refractivity contribution is -0.387. The molecule has 0 spiro atoms. The van der Waals surface area contributed by atoms with E-state index in [1.165, 1.54) is 13.1 Å². The second-order valence-corrected chi connectivity index (χ2v) is 6.38. The minimum absolute atomic E-state index is 0.0974. The first-order valence-corrected chi connectivity index (χ1v) is 7.15. The smallest absolute Gasteiger partial charge is 0.290 e. The molecule has 1 unspecified atom stereocenters. The second kappa shape index (κ2) is 5.83. The summed E-state index contributed by atoms with van der Waals surface area (Å²) >= 11 is 5.65. The molecule has 0 aliphatic rings. The first-order chi connectivity index (χ1) is 8.71. The predicted molar refractivity (Wildman–Crippen MR) is 71.6 cm³/mol. The molecule has 0 aliphatic heterocycles. The van der Waals surface area contributed by atoms with Crippen molar-refractivity contribution >= 4 is 27.3 Å². The van der Waals surface area contributed by atoms with Crippen LogP contribution in [0, 0.1) is 10.1 Å². The highest BCUT2D eigenvalue weighted by Crippen LogP contribution is 2.29. The molecule has 0 amide bonds. The van der Waals surface area contributed by atoms with Crippen LogP contribution in [-0.4, -0.2) is 37.3 Å². The van der Waals surface area contributed by atoms with Gasteiger partial charge in [-0.3, -0.25) is 10.1 Å². The molecule has 0 radical (unpaired) electrons. The zero-order valence-electron chi connectivity index (χ0n) is 10.4. The molecule has 7 nitrogen and oxygen atoms in total. The van der Waals surface area contributed by atoms with Gasteiger partial charge in [-0.15, -0.1) is 0 Å². The van der Waals surface area contributed by atoms with Gasteiger partial charge in [0.1, 0.15) is 0 Å². The number of hydrogen-bond acceptors (Lipinski definition) is 5. The number of benzene rings is 1. The number of rotatable bonds is 5. The zero-order chi connectivity index (χ0) is 14.8. The van der Waals surface area contributed by atoms with Crippen molar-refractivity contribution in [2.24, 2.45) is 5.73 Å². The highest BCUT2D eigenvalue weighted by Gasteiger charge is 2.31. The van der Waals surface area contributed by atoms with Crippen molar-refractivity contribution in [1.82, 2.24) is 4.31 Å². The van der Waals surface area contributed by atoms with Gasteiger partial charge >= 0.3 is 0 Å². The molecule has 0 heterocycles. The molecule has 0 saturated carbocycles. The Hall–Kier alpha value is -1.22. The monoisotopic (exact) mass is 307 g/mol. The van der Waals surface area contributed by atoms with Crippen molar-refractivity contribution in [2.75, 3.05) is 13.6 Å². The first kappa shape index (κ1) is 15.8. The Bertz CT molecular complexity index is 590. The molecule has 0 fully saturated rings. The van der Waals surface area contributed by atoms with E-state index in [0.29, 0.717) is 0 Å². The van der Waals surface area contributed by atoms with Crippen LogP contribution in [0.2, 0.25) is 5.02 Å². The molecule has 1 atom stereocenters. The van der Waals surface area contributed by atoms with Gasteiger partial charge in [0.15, 0.2) is 4.90 Å². The fraction of sp³-hybridized carbons (Fsp3) is 0.400. The number of hydrogen-bond donors (Lipinski definition) is 1. The molecule has 0 bridgehead atoms. The first-order valence-electron chi connectivity index (χ1n) is 5.34. The largest absolute Gasteiger partial charge is 0.329 e. The number of nitrogens with two attached hydrogens (primary N) is 1. The van der Waals surface area contributed by atoms with Crippen molar-refractivity contribution in [3.8, 4) is 0 Å². The van der Waals surface area contributed by atoms with Gasteiger partial charge in [0, 0.05) is 30.7 Å². The Morgan fingerprint density at radius 3 is 2.58 bits per heavy atom. The summed E-state index contributed by atoms with van der Waals surface area (Å²) in [6.07, 6.45) is 0. The number of likely N-dealkylation sites (N-methyl/N-ethyl adjacent to an activating group) is 1. The number of nitrogens with zero attached hydrogens (tertiary/aromatic N) is 2. The number of nitro groups is 1.